The number of hydrogen-bond donors (Lipinski definition) is 1. The molecule has 3 aromatic rings. The van der Waals surface area contributed by atoms with Gasteiger partial charge in [-0.05, 0) is 23.6 Å². The number of benzene rings is 2. The Morgan fingerprint density at radius 1 is 1.00 bits per heavy atom. The lowest BCUT2D eigenvalue weighted by Gasteiger charge is -2.12. The van der Waals surface area contributed by atoms with Crippen LogP contribution in [0.3, 0.4) is 0 Å². The van der Waals surface area contributed by atoms with Crippen LogP contribution in [0.25, 0.3) is 5.69 Å². The molecular formula is C16H14N2O3S. The van der Waals surface area contributed by atoms with Crippen molar-refractivity contribution in [2.75, 3.05) is 0 Å². The van der Waals surface area contributed by atoms with Crippen molar-refractivity contribution in [1.82, 2.24) is 9.55 Å². The Balaban J connectivity index is 2.08. The molecule has 112 valence electrons. The van der Waals surface area contributed by atoms with Crippen molar-refractivity contribution in [1.29, 1.82) is 0 Å². The quantitative estimate of drug-likeness (QED) is 0.752. The summed E-state index contributed by atoms with van der Waals surface area (Å²) in [5.41, 5.74) is 2.73. The molecule has 1 heterocycles. The molecule has 0 saturated heterocycles. The number of imidazole rings is 1. The summed E-state index contributed by atoms with van der Waals surface area (Å²) < 4.78 is 33.6. The highest BCUT2D eigenvalue weighted by Gasteiger charge is 2.18. The second-order valence-corrected chi connectivity index (χ2v) is 6.24. The van der Waals surface area contributed by atoms with Crippen LogP contribution < -0.4 is 0 Å². The highest BCUT2D eigenvalue weighted by molar-refractivity contribution is 7.85. The molecule has 1 aromatic heterocycles. The first-order valence-corrected chi connectivity index (χ1v) is 8.12. The number of rotatable bonds is 4. The van der Waals surface area contributed by atoms with Gasteiger partial charge in [0, 0.05) is 0 Å². The van der Waals surface area contributed by atoms with Gasteiger partial charge < -0.3 is 0 Å². The summed E-state index contributed by atoms with van der Waals surface area (Å²) in [7, 11) is -4.33. The zero-order valence-corrected chi connectivity index (χ0v) is 12.4. The Morgan fingerprint density at radius 2 is 1.68 bits per heavy atom. The molecule has 0 bridgehead atoms. The first-order chi connectivity index (χ1) is 10.6. The van der Waals surface area contributed by atoms with Gasteiger partial charge in [0.25, 0.3) is 0 Å². The summed E-state index contributed by atoms with van der Waals surface area (Å²) in [5.74, 6) is 0. The molecule has 0 radical (unpaired) electrons. The van der Waals surface area contributed by atoms with E-state index < -0.39 is 10.1 Å². The summed E-state index contributed by atoms with van der Waals surface area (Å²) in [4.78, 5) is 3.84. The molecule has 0 atom stereocenters. The lowest BCUT2D eigenvalue weighted by atomic mass is 10.0. The lowest BCUT2D eigenvalue weighted by Crippen LogP contribution is -2.08. The van der Waals surface area contributed by atoms with Crippen LogP contribution in [0.15, 0.2) is 72.1 Å². The van der Waals surface area contributed by atoms with Crippen LogP contribution in [0, 0.1) is 0 Å². The van der Waals surface area contributed by atoms with E-state index in [2.05, 4.69) is 4.98 Å². The predicted octanol–water partition coefficient (Wildman–Crippen LogP) is 2.71. The topological polar surface area (TPSA) is 72.2 Å². The Hall–Kier alpha value is -2.44. The first kappa shape index (κ1) is 14.5. The molecule has 0 spiro atoms. The second-order valence-electron chi connectivity index (χ2n) is 4.87. The standard InChI is InChI=1S/C16H14N2O3S/c19-22(20,21)16-11-17-12-18(16)15-9-5-4-8-14(15)10-13-6-2-1-3-7-13/h1-9,11-12H,10H2,(H,19,20,21). The first-order valence-electron chi connectivity index (χ1n) is 6.68. The Kier molecular flexibility index (Phi) is 3.79. The maximum absolute atomic E-state index is 11.5. The summed E-state index contributed by atoms with van der Waals surface area (Å²) >= 11 is 0. The smallest absolute Gasteiger partial charge is 0.287 e. The molecule has 3 rings (SSSR count). The van der Waals surface area contributed by atoms with Crippen molar-refractivity contribution in [2.45, 2.75) is 11.4 Å². The monoisotopic (exact) mass is 314 g/mol. The van der Waals surface area contributed by atoms with Crippen molar-refractivity contribution < 1.29 is 13.0 Å². The fourth-order valence-corrected chi connectivity index (χ4v) is 2.95. The van der Waals surface area contributed by atoms with Gasteiger partial charge in [0.15, 0.2) is 5.03 Å². The van der Waals surface area contributed by atoms with Crippen LogP contribution in [0.1, 0.15) is 11.1 Å². The average molecular weight is 314 g/mol. The van der Waals surface area contributed by atoms with Gasteiger partial charge in [-0.3, -0.25) is 9.12 Å². The Morgan fingerprint density at radius 3 is 2.41 bits per heavy atom. The summed E-state index contributed by atoms with van der Waals surface area (Å²) in [6.45, 7) is 0. The third kappa shape index (κ3) is 2.93. The molecule has 0 amide bonds. The third-order valence-electron chi connectivity index (χ3n) is 3.36. The summed E-state index contributed by atoms with van der Waals surface area (Å²) in [6.07, 6.45) is 3.17. The van der Waals surface area contributed by atoms with Crippen molar-refractivity contribution in [3.8, 4) is 5.69 Å². The van der Waals surface area contributed by atoms with Gasteiger partial charge in [-0.2, -0.15) is 8.42 Å². The molecule has 0 fully saturated rings. The minimum absolute atomic E-state index is 0.243. The van der Waals surface area contributed by atoms with Gasteiger partial charge in [-0.1, -0.05) is 48.5 Å². The molecule has 0 aliphatic carbocycles. The van der Waals surface area contributed by atoms with E-state index in [-0.39, 0.29) is 5.03 Å². The minimum atomic E-state index is -4.33. The molecular weight excluding hydrogens is 300 g/mol. The summed E-state index contributed by atoms with van der Waals surface area (Å²) in [6, 6.07) is 17.3. The fraction of sp³-hybridized carbons (Fsp3) is 0.0625. The van der Waals surface area contributed by atoms with Crippen molar-refractivity contribution in [3.63, 3.8) is 0 Å². The van der Waals surface area contributed by atoms with E-state index in [1.807, 2.05) is 48.5 Å². The van der Waals surface area contributed by atoms with Crippen LogP contribution in [-0.4, -0.2) is 22.5 Å². The van der Waals surface area contributed by atoms with E-state index in [9.17, 15) is 13.0 Å². The van der Waals surface area contributed by atoms with Gasteiger partial charge >= 0.3 is 10.1 Å². The van der Waals surface area contributed by atoms with E-state index in [1.54, 1.807) is 6.07 Å². The molecule has 0 unspecified atom stereocenters. The predicted molar refractivity (Wildman–Crippen MR) is 82.6 cm³/mol. The van der Waals surface area contributed by atoms with Crippen LogP contribution in [0.2, 0.25) is 0 Å². The number of nitrogens with zero attached hydrogens (tertiary/aromatic N) is 2. The van der Waals surface area contributed by atoms with Crippen LogP contribution >= 0.6 is 0 Å². The largest absolute Gasteiger partial charge is 0.312 e. The van der Waals surface area contributed by atoms with Gasteiger partial charge in [0.1, 0.15) is 6.33 Å². The number of para-hydroxylation sites is 1. The van der Waals surface area contributed by atoms with E-state index in [4.69, 9.17) is 0 Å². The normalized spacial score (nSPS) is 11.5. The van der Waals surface area contributed by atoms with Crippen LogP contribution in [0.4, 0.5) is 0 Å². The minimum Gasteiger partial charge on any atom is -0.287 e. The summed E-state index contributed by atoms with van der Waals surface area (Å²) in [5, 5.41) is -0.243. The maximum atomic E-state index is 11.5. The van der Waals surface area contributed by atoms with Crippen molar-refractivity contribution in [3.05, 3.63) is 78.2 Å². The molecule has 2 aromatic carbocycles. The molecule has 1 N–H and O–H groups in total. The fourth-order valence-electron chi connectivity index (χ4n) is 2.37. The zero-order chi connectivity index (χ0) is 15.6. The van der Waals surface area contributed by atoms with Gasteiger partial charge in [0.05, 0.1) is 11.9 Å². The Labute approximate surface area is 128 Å². The Bertz CT molecular complexity index is 887. The van der Waals surface area contributed by atoms with Crippen LogP contribution in [0.5, 0.6) is 0 Å². The molecule has 22 heavy (non-hydrogen) atoms. The molecule has 5 nitrogen and oxygen atoms in total. The van der Waals surface area contributed by atoms with E-state index in [0.29, 0.717) is 12.1 Å². The molecule has 6 heteroatoms. The third-order valence-corrected chi connectivity index (χ3v) is 4.19. The number of hydrogen-bond acceptors (Lipinski definition) is 3. The van der Waals surface area contributed by atoms with Gasteiger partial charge in [-0.25, -0.2) is 4.98 Å². The van der Waals surface area contributed by atoms with Crippen molar-refractivity contribution in [2.24, 2.45) is 0 Å². The van der Waals surface area contributed by atoms with E-state index in [0.717, 1.165) is 17.3 Å². The zero-order valence-electron chi connectivity index (χ0n) is 11.6. The highest BCUT2D eigenvalue weighted by Crippen LogP contribution is 2.21. The van der Waals surface area contributed by atoms with Gasteiger partial charge in [-0.15, -0.1) is 0 Å². The van der Waals surface area contributed by atoms with Gasteiger partial charge in [0.2, 0.25) is 0 Å². The lowest BCUT2D eigenvalue weighted by molar-refractivity contribution is 0.477. The molecule has 0 aliphatic heterocycles. The maximum Gasteiger partial charge on any atom is 0.312 e. The highest BCUT2D eigenvalue weighted by atomic mass is 32.2. The average Bonchev–Trinajstić information content (AvgIpc) is 2.98. The van der Waals surface area contributed by atoms with Crippen molar-refractivity contribution >= 4 is 10.1 Å². The van der Waals surface area contributed by atoms with E-state index >= 15 is 0 Å². The molecule has 0 aliphatic rings. The number of aromatic nitrogens is 2. The second kappa shape index (κ2) is 5.75. The molecule has 0 saturated carbocycles. The SMILES string of the molecule is O=S(=O)(O)c1cncn1-c1ccccc1Cc1ccccc1. The van der Waals surface area contributed by atoms with Crippen LogP contribution in [-0.2, 0) is 16.5 Å². The van der Waals surface area contributed by atoms with E-state index in [1.165, 1.54) is 10.9 Å².